The summed E-state index contributed by atoms with van der Waals surface area (Å²) in [5, 5.41) is 3.91. The minimum Gasteiger partial charge on any atom is -1.00 e. The highest BCUT2D eigenvalue weighted by Crippen LogP contribution is 2.56. The molecule has 3 aliphatic rings. The molecule has 0 bridgehead atoms. The van der Waals surface area contributed by atoms with E-state index < -0.39 is 17.2 Å². The summed E-state index contributed by atoms with van der Waals surface area (Å²) in [5.74, 6) is -1.72. The Bertz CT molecular complexity index is 1400. The number of halogens is 4. The van der Waals surface area contributed by atoms with Crippen LogP contribution in [0.1, 0.15) is 94.9 Å². The van der Waals surface area contributed by atoms with Gasteiger partial charge in [0.2, 0.25) is 11.8 Å². The SMILES string of the molecule is CC(=O)NC(C)(C)[C@@H]1CC2(CCN(C(=O)[C@@H]3C[NH+](C(C)(C)C)C[C@H]3c3ccc(F)cc3F)CC2)c2cc(Cl)c(C)cc21.[Cl-]. The molecule has 2 saturated heterocycles. The van der Waals surface area contributed by atoms with Crippen molar-refractivity contribution in [2.45, 2.75) is 96.1 Å². The van der Waals surface area contributed by atoms with Crippen LogP contribution >= 0.6 is 11.6 Å². The quantitative estimate of drug-likeness (QED) is 0.542. The molecule has 2 fully saturated rings. The zero-order valence-corrected chi connectivity index (χ0v) is 27.9. The van der Waals surface area contributed by atoms with Crippen LogP contribution in [-0.2, 0) is 15.0 Å². The lowest BCUT2D eigenvalue weighted by molar-refractivity contribution is -0.936. The Kier molecular flexibility index (Phi) is 9.35. The summed E-state index contributed by atoms with van der Waals surface area (Å²) in [6, 6.07) is 8.04. The predicted octanol–water partition coefficient (Wildman–Crippen LogP) is 2.29. The van der Waals surface area contributed by atoms with E-state index in [0.717, 1.165) is 35.9 Å². The summed E-state index contributed by atoms with van der Waals surface area (Å²) in [4.78, 5) is 29.5. The molecule has 0 saturated carbocycles. The molecule has 5 nitrogen and oxygen atoms in total. The van der Waals surface area contributed by atoms with E-state index in [2.05, 4.69) is 52.1 Å². The van der Waals surface area contributed by atoms with Crippen molar-refractivity contribution in [3.05, 3.63) is 69.2 Å². The maximum absolute atomic E-state index is 15.0. The van der Waals surface area contributed by atoms with Crippen molar-refractivity contribution in [3.63, 3.8) is 0 Å². The fraction of sp³-hybridized carbons (Fsp3) is 0.588. The summed E-state index contributed by atoms with van der Waals surface area (Å²) in [6.45, 7) is 16.6. The van der Waals surface area contributed by atoms with E-state index in [1.54, 1.807) is 6.92 Å². The zero-order valence-electron chi connectivity index (χ0n) is 26.3. The first-order chi connectivity index (χ1) is 19.5. The maximum Gasteiger partial charge on any atom is 0.232 e. The van der Waals surface area contributed by atoms with E-state index in [1.807, 2.05) is 11.8 Å². The monoisotopic (exact) mass is 635 g/mol. The molecule has 0 aromatic heterocycles. The van der Waals surface area contributed by atoms with Gasteiger partial charge in [-0.2, -0.15) is 0 Å². The number of fused-ring (bicyclic) bond motifs is 2. The topological polar surface area (TPSA) is 53.9 Å². The Morgan fingerprint density at radius 2 is 1.67 bits per heavy atom. The number of amides is 2. The lowest BCUT2D eigenvalue weighted by atomic mass is 9.71. The van der Waals surface area contributed by atoms with Gasteiger partial charge in [-0.15, -0.1) is 0 Å². The molecule has 43 heavy (non-hydrogen) atoms. The van der Waals surface area contributed by atoms with Crippen LogP contribution in [0.15, 0.2) is 30.3 Å². The zero-order chi connectivity index (χ0) is 30.8. The summed E-state index contributed by atoms with van der Waals surface area (Å²) < 4.78 is 28.8. The average molecular weight is 637 g/mol. The van der Waals surface area contributed by atoms with Gasteiger partial charge in [-0.05, 0) is 101 Å². The van der Waals surface area contributed by atoms with Crippen LogP contribution in [0, 0.1) is 24.5 Å². The van der Waals surface area contributed by atoms with Gasteiger partial charge in [0.25, 0.3) is 0 Å². The average Bonchev–Trinajstić information content (AvgIpc) is 3.45. The third-order valence-electron chi connectivity index (χ3n) is 10.4. The van der Waals surface area contributed by atoms with Crippen molar-refractivity contribution in [2.24, 2.45) is 5.92 Å². The van der Waals surface area contributed by atoms with Gasteiger partial charge in [0, 0.05) is 42.6 Å². The molecule has 1 spiro atoms. The first-order valence-corrected chi connectivity index (χ1v) is 15.6. The van der Waals surface area contributed by atoms with Gasteiger partial charge in [0.1, 0.15) is 11.6 Å². The van der Waals surface area contributed by atoms with Gasteiger partial charge >= 0.3 is 0 Å². The van der Waals surface area contributed by atoms with E-state index >= 15 is 4.39 Å². The highest BCUT2D eigenvalue weighted by Gasteiger charge is 2.52. The lowest BCUT2D eigenvalue weighted by Gasteiger charge is -2.42. The molecule has 236 valence electrons. The van der Waals surface area contributed by atoms with Crippen molar-refractivity contribution in [2.75, 3.05) is 26.2 Å². The first-order valence-electron chi connectivity index (χ1n) is 15.2. The number of carbonyl (C=O) groups is 2. The number of piperidine rings is 1. The largest absolute Gasteiger partial charge is 1.00 e. The van der Waals surface area contributed by atoms with Gasteiger partial charge in [-0.3, -0.25) is 9.59 Å². The van der Waals surface area contributed by atoms with Gasteiger partial charge in [-0.1, -0.05) is 23.7 Å². The Balaban J connectivity index is 0.00000423. The fourth-order valence-corrected chi connectivity index (χ4v) is 8.17. The molecule has 9 heteroatoms. The summed E-state index contributed by atoms with van der Waals surface area (Å²) in [6.07, 6.45) is 2.48. The second-order valence-electron chi connectivity index (χ2n) is 14.6. The van der Waals surface area contributed by atoms with Crippen LogP contribution in [0.2, 0.25) is 5.02 Å². The molecule has 2 aromatic carbocycles. The van der Waals surface area contributed by atoms with Gasteiger partial charge in [0.15, 0.2) is 0 Å². The first kappa shape index (κ1) is 33.7. The maximum atomic E-state index is 15.0. The Morgan fingerprint density at radius 1 is 1.02 bits per heavy atom. The van der Waals surface area contributed by atoms with Crippen LogP contribution in [0.25, 0.3) is 0 Å². The molecular formula is C34H45Cl2F2N3O2. The van der Waals surface area contributed by atoms with E-state index in [0.29, 0.717) is 31.7 Å². The molecule has 4 atom stereocenters. The van der Waals surface area contributed by atoms with Crippen molar-refractivity contribution in [3.8, 4) is 0 Å². The minimum absolute atomic E-state index is 0. The van der Waals surface area contributed by atoms with Crippen molar-refractivity contribution < 1.29 is 35.7 Å². The number of rotatable bonds is 4. The van der Waals surface area contributed by atoms with Crippen molar-refractivity contribution >= 4 is 23.4 Å². The number of hydrogen-bond acceptors (Lipinski definition) is 2. The number of nitrogens with zero attached hydrogens (tertiary/aromatic N) is 1. The highest BCUT2D eigenvalue weighted by atomic mass is 35.5. The number of carbonyl (C=O) groups excluding carboxylic acids is 2. The second-order valence-corrected chi connectivity index (χ2v) is 15.0. The van der Waals surface area contributed by atoms with Crippen LogP contribution in [0.4, 0.5) is 8.78 Å². The number of likely N-dealkylation sites (tertiary alicyclic amines) is 2. The molecule has 1 unspecified atom stereocenters. The predicted molar refractivity (Wildman–Crippen MR) is 162 cm³/mol. The lowest BCUT2D eigenvalue weighted by Crippen LogP contribution is -3.17. The Labute approximate surface area is 266 Å². The minimum atomic E-state index is -0.606. The number of aryl methyl sites for hydroxylation is 1. The molecule has 5 rings (SSSR count). The van der Waals surface area contributed by atoms with Crippen LogP contribution in [0.5, 0.6) is 0 Å². The number of nitrogens with one attached hydrogen (secondary N) is 2. The van der Waals surface area contributed by atoms with Crippen molar-refractivity contribution in [1.82, 2.24) is 10.2 Å². The summed E-state index contributed by atoms with van der Waals surface area (Å²) in [5.41, 5.74) is 3.26. The third kappa shape index (κ3) is 6.32. The molecule has 2 heterocycles. The van der Waals surface area contributed by atoms with E-state index in [9.17, 15) is 14.0 Å². The molecule has 0 radical (unpaired) electrons. The van der Waals surface area contributed by atoms with Gasteiger partial charge in [-0.25, -0.2) is 8.78 Å². The number of hydrogen-bond donors (Lipinski definition) is 2. The van der Waals surface area contributed by atoms with Crippen LogP contribution in [0.3, 0.4) is 0 Å². The van der Waals surface area contributed by atoms with E-state index in [4.69, 9.17) is 11.6 Å². The van der Waals surface area contributed by atoms with E-state index in [1.165, 1.54) is 28.2 Å². The summed E-state index contributed by atoms with van der Waals surface area (Å²) >= 11 is 6.66. The fourth-order valence-electron chi connectivity index (χ4n) is 8.01. The second kappa shape index (κ2) is 11.9. The highest BCUT2D eigenvalue weighted by molar-refractivity contribution is 6.31. The molecule has 2 N–H and O–H groups in total. The standard InChI is InChI=1S/C34H44ClF2N3O2.ClH/c1-20-14-24-27(16-29(20)35)34(17-28(24)33(6,7)38-21(2)41)10-12-39(13-11-34)31(42)26-19-40(32(3,4)5)18-25(26)23-9-8-22(36)15-30(23)37;/h8-9,14-16,25-26,28H,10-13,17-19H2,1-7H3,(H,38,41);1H/t25-,26+,28+;/m0./s1. The summed E-state index contributed by atoms with van der Waals surface area (Å²) in [7, 11) is 0. The molecule has 1 aliphatic carbocycles. The number of benzene rings is 2. The van der Waals surface area contributed by atoms with Crippen molar-refractivity contribution in [1.29, 1.82) is 0 Å². The normalized spacial score (nSPS) is 24.9. The molecular weight excluding hydrogens is 591 g/mol. The van der Waals surface area contributed by atoms with Gasteiger partial charge in [0.05, 0.1) is 30.5 Å². The van der Waals surface area contributed by atoms with Crippen LogP contribution < -0.4 is 22.6 Å². The molecule has 2 aromatic rings. The van der Waals surface area contributed by atoms with Crippen LogP contribution in [-0.4, -0.2) is 54.0 Å². The number of quaternary nitrogens is 1. The smallest absolute Gasteiger partial charge is 0.232 e. The van der Waals surface area contributed by atoms with Gasteiger partial charge < -0.3 is 27.5 Å². The Morgan fingerprint density at radius 3 is 2.26 bits per heavy atom. The Hall–Kier alpha value is -2.22. The molecule has 2 aliphatic heterocycles. The molecule has 2 amide bonds. The third-order valence-corrected chi connectivity index (χ3v) is 10.8. The van der Waals surface area contributed by atoms with E-state index in [-0.39, 0.29) is 52.9 Å².